The first kappa shape index (κ1) is 22.3. The van der Waals surface area contributed by atoms with Crippen molar-refractivity contribution in [2.24, 2.45) is 0 Å². The lowest BCUT2D eigenvalue weighted by molar-refractivity contribution is -0.133. The van der Waals surface area contributed by atoms with Crippen LogP contribution in [0, 0.1) is 0 Å². The maximum atomic E-state index is 13.3. The van der Waals surface area contributed by atoms with Crippen molar-refractivity contribution < 1.29 is 23.9 Å². The van der Waals surface area contributed by atoms with Crippen LogP contribution in [0.2, 0.25) is 0 Å². The highest BCUT2D eigenvalue weighted by Crippen LogP contribution is 2.32. The molecule has 170 valence electrons. The fraction of sp³-hybridized carbons (Fsp3) is 0.435. The minimum absolute atomic E-state index is 0.0661. The number of nitrogens with zero attached hydrogens (tertiary/aromatic N) is 1. The predicted molar refractivity (Wildman–Crippen MR) is 121 cm³/mol. The van der Waals surface area contributed by atoms with Gasteiger partial charge in [-0.15, -0.1) is 11.3 Å². The number of anilines is 1. The number of carbonyl (C=O) groups excluding carboxylic acids is 3. The summed E-state index contributed by atoms with van der Waals surface area (Å²) in [5.74, 6) is 0.0671. The molecule has 1 aromatic heterocycles. The summed E-state index contributed by atoms with van der Waals surface area (Å²) in [6.07, 6.45) is 1.50. The van der Waals surface area contributed by atoms with E-state index in [0.717, 1.165) is 11.3 Å². The van der Waals surface area contributed by atoms with E-state index in [1.54, 1.807) is 37.2 Å². The summed E-state index contributed by atoms with van der Waals surface area (Å²) in [6, 6.07) is 8.78. The van der Waals surface area contributed by atoms with Crippen LogP contribution in [0.1, 0.15) is 34.5 Å². The first-order chi connectivity index (χ1) is 15.4. The van der Waals surface area contributed by atoms with Crippen molar-refractivity contribution in [2.75, 3.05) is 26.0 Å². The lowest BCUT2D eigenvalue weighted by Gasteiger charge is -2.42. The van der Waals surface area contributed by atoms with Crippen LogP contribution in [0.4, 0.5) is 5.69 Å². The van der Waals surface area contributed by atoms with Crippen molar-refractivity contribution in [1.82, 2.24) is 10.2 Å². The third-order valence-electron chi connectivity index (χ3n) is 5.90. The maximum absolute atomic E-state index is 13.3. The SMILES string of the molecule is CNC(=O)C[C@@H]1CC[C@H]2[C@H](COc3ccc(NC(=O)Cc4cccs4)cc3C(=O)N2C)O1. The lowest BCUT2D eigenvalue weighted by Crippen LogP contribution is -2.53. The summed E-state index contributed by atoms with van der Waals surface area (Å²) in [5, 5.41) is 7.42. The Morgan fingerprint density at radius 3 is 2.81 bits per heavy atom. The number of hydrogen-bond donors (Lipinski definition) is 2. The molecular formula is C23H27N3O5S. The average molecular weight is 458 g/mol. The van der Waals surface area contributed by atoms with E-state index in [2.05, 4.69) is 10.6 Å². The van der Waals surface area contributed by atoms with E-state index >= 15 is 0 Å². The van der Waals surface area contributed by atoms with E-state index in [1.807, 2.05) is 17.5 Å². The van der Waals surface area contributed by atoms with Gasteiger partial charge in [-0.3, -0.25) is 14.4 Å². The van der Waals surface area contributed by atoms with Gasteiger partial charge >= 0.3 is 0 Å². The normalized spacial score (nSPS) is 22.6. The molecule has 3 amide bonds. The Morgan fingerprint density at radius 1 is 1.22 bits per heavy atom. The van der Waals surface area contributed by atoms with Crippen LogP contribution < -0.4 is 15.4 Å². The zero-order chi connectivity index (χ0) is 22.7. The van der Waals surface area contributed by atoms with Crippen molar-refractivity contribution in [3.05, 3.63) is 46.2 Å². The zero-order valence-corrected chi connectivity index (χ0v) is 18.9. The number of thiophene rings is 1. The summed E-state index contributed by atoms with van der Waals surface area (Å²) in [5.41, 5.74) is 0.964. The van der Waals surface area contributed by atoms with E-state index in [9.17, 15) is 14.4 Å². The Labute approximate surface area is 190 Å². The van der Waals surface area contributed by atoms with Crippen molar-refractivity contribution in [3.63, 3.8) is 0 Å². The molecule has 0 spiro atoms. The third kappa shape index (κ3) is 4.94. The number of benzene rings is 1. The Kier molecular flexibility index (Phi) is 6.76. The number of amides is 3. The summed E-state index contributed by atoms with van der Waals surface area (Å²) in [7, 11) is 3.37. The largest absolute Gasteiger partial charge is 0.490 e. The van der Waals surface area contributed by atoms with Gasteiger partial charge in [-0.25, -0.2) is 0 Å². The van der Waals surface area contributed by atoms with Gasteiger partial charge in [0.1, 0.15) is 18.5 Å². The molecule has 1 aromatic carbocycles. The minimum Gasteiger partial charge on any atom is -0.490 e. The van der Waals surface area contributed by atoms with Gasteiger partial charge in [0.2, 0.25) is 11.8 Å². The molecule has 3 atom stereocenters. The van der Waals surface area contributed by atoms with Gasteiger partial charge in [0.15, 0.2) is 0 Å². The average Bonchev–Trinajstić information content (AvgIpc) is 3.29. The molecule has 4 rings (SSSR count). The molecule has 0 bridgehead atoms. The highest BCUT2D eigenvalue weighted by Gasteiger charge is 2.39. The van der Waals surface area contributed by atoms with Gasteiger partial charge in [-0.2, -0.15) is 0 Å². The number of carbonyl (C=O) groups is 3. The van der Waals surface area contributed by atoms with Crippen molar-refractivity contribution >= 4 is 34.7 Å². The molecule has 3 heterocycles. The number of ether oxygens (including phenoxy) is 2. The molecule has 0 unspecified atom stereocenters. The molecule has 0 aliphatic carbocycles. The quantitative estimate of drug-likeness (QED) is 0.719. The Balaban J connectivity index is 1.48. The van der Waals surface area contributed by atoms with Crippen LogP contribution in [0.5, 0.6) is 5.75 Å². The van der Waals surface area contributed by atoms with Crippen LogP contribution in [0.25, 0.3) is 0 Å². The molecule has 0 saturated carbocycles. The monoisotopic (exact) mass is 457 g/mol. The summed E-state index contributed by atoms with van der Waals surface area (Å²) < 4.78 is 12.1. The number of nitrogens with one attached hydrogen (secondary N) is 2. The molecule has 2 aliphatic rings. The van der Waals surface area contributed by atoms with Crippen LogP contribution in [-0.4, -0.2) is 61.6 Å². The maximum Gasteiger partial charge on any atom is 0.257 e. The molecule has 2 aliphatic heterocycles. The standard InChI is InChI=1S/C23H27N3O5S/c1-24-21(27)11-15-6-7-18-20(31-15)13-30-19-8-5-14(10-17(19)23(29)26(18)2)25-22(28)12-16-4-3-9-32-16/h3-5,8-10,15,18,20H,6-7,11-13H2,1-2H3,(H,24,27)(H,25,28)/t15-,18-,20-/m0/s1. The lowest BCUT2D eigenvalue weighted by atomic mass is 9.94. The second kappa shape index (κ2) is 9.70. The molecule has 2 N–H and O–H groups in total. The fourth-order valence-corrected chi connectivity index (χ4v) is 4.89. The number of hydrogen-bond acceptors (Lipinski definition) is 6. The van der Waals surface area contributed by atoms with Crippen molar-refractivity contribution in [3.8, 4) is 5.75 Å². The van der Waals surface area contributed by atoms with Crippen LogP contribution in [-0.2, 0) is 20.7 Å². The molecule has 1 fully saturated rings. The molecule has 8 nitrogen and oxygen atoms in total. The van der Waals surface area contributed by atoms with Crippen LogP contribution in [0.15, 0.2) is 35.7 Å². The molecular weight excluding hydrogens is 430 g/mol. The first-order valence-corrected chi connectivity index (χ1v) is 11.5. The van der Waals surface area contributed by atoms with E-state index < -0.39 is 0 Å². The third-order valence-corrected chi connectivity index (χ3v) is 6.78. The summed E-state index contributed by atoms with van der Waals surface area (Å²) in [6.45, 7) is 0.281. The van der Waals surface area contributed by atoms with Crippen LogP contribution in [0.3, 0.4) is 0 Å². The van der Waals surface area contributed by atoms with Gasteiger partial charge in [0.25, 0.3) is 5.91 Å². The second-order valence-corrected chi connectivity index (χ2v) is 9.09. The minimum atomic E-state index is -0.314. The fourth-order valence-electron chi connectivity index (χ4n) is 4.19. The topological polar surface area (TPSA) is 97.0 Å². The van der Waals surface area contributed by atoms with Gasteiger partial charge < -0.3 is 25.0 Å². The Hall–Kier alpha value is -2.91. The molecule has 0 radical (unpaired) electrons. The highest BCUT2D eigenvalue weighted by molar-refractivity contribution is 7.10. The number of fused-ring (bicyclic) bond motifs is 2. The van der Waals surface area contributed by atoms with Gasteiger partial charge in [0.05, 0.1) is 30.6 Å². The van der Waals surface area contributed by atoms with Gasteiger partial charge in [-0.1, -0.05) is 6.07 Å². The van der Waals surface area contributed by atoms with E-state index in [4.69, 9.17) is 9.47 Å². The van der Waals surface area contributed by atoms with Gasteiger partial charge in [0, 0.05) is 24.7 Å². The molecule has 9 heteroatoms. The second-order valence-electron chi connectivity index (χ2n) is 8.06. The molecule has 32 heavy (non-hydrogen) atoms. The summed E-state index contributed by atoms with van der Waals surface area (Å²) in [4.78, 5) is 40.0. The summed E-state index contributed by atoms with van der Waals surface area (Å²) >= 11 is 1.53. The zero-order valence-electron chi connectivity index (χ0n) is 18.1. The predicted octanol–water partition coefficient (Wildman–Crippen LogP) is 2.45. The van der Waals surface area contributed by atoms with Crippen molar-refractivity contribution in [2.45, 2.75) is 43.9 Å². The van der Waals surface area contributed by atoms with E-state index in [1.165, 1.54) is 11.3 Å². The molecule has 2 aromatic rings. The van der Waals surface area contributed by atoms with Crippen LogP contribution >= 0.6 is 11.3 Å². The molecule has 1 saturated heterocycles. The smallest absolute Gasteiger partial charge is 0.257 e. The number of rotatable bonds is 5. The van der Waals surface area contributed by atoms with Gasteiger partial charge in [-0.05, 0) is 42.5 Å². The Bertz CT molecular complexity index is 994. The highest BCUT2D eigenvalue weighted by atomic mass is 32.1. The number of likely N-dealkylation sites (N-methyl/N-ethyl adjacent to an activating group) is 1. The van der Waals surface area contributed by atoms with E-state index in [0.29, 0.717) is 29.8 Å². The Morgan fingerprint density at radius 2 is 2.06 bits per heavy atom. The first-order valence-electron chi connectivity index (χ1n) is 10.7. The van der Waals surface area contributed by atoms with Crippen molar-refractivity contribution in [1.29, 1.82) is 0 Å². The van der Waals surface area contributed by atoms with E-state index in [-0.39, 0.29) is 49.0 Å².